The predicted molar refractivity (Wildman–Crippen MR) is 137 cm³/mol. The summed E-state index contributed by atoms with van der Waals surface area (Å²) in [6.45, 7) is 1.89. The second kappa shape index (κ2) is 10.8. The van der Waals surface area contributed by atoms with E-state index in [4.69, 9.17) is 19.4 Å². The summed E-state index contributed by atoms with van der Waals surface area (Å²) in [5.74, 6) is 2.25. The molecular formula is C29H35N3O3. The van der Waals surface area contributed by atoms with Gasteiger partial charge in [-0.2, -0.15) is 0 Å². The number of aromatic hydroxyl groups is 1. The summed E-state index contributed by atoms with van der Waals surface area (Å²) in [6, 6.07) is 16.5. The summed E-state index contributed by atoms with van der Waals surface area (Å²) < 4.78 is 10.8. The Balaban J connectivity index is 1.35. The van der Waals surface area contributed by atoms with E-state index in [1.807, 2.05) is 18.5 Å². The minimum atomic E-state index is -0.125. The smallest absolute Gasteiger partial charge is 0.225 e. The molecule has 0 saturated carbocycles. The third-order valence-electron chi connectivity index (χ3n) is 7.78. The van der Waals surface area contributed by atoms with Crippen LogP contribution in [-0.2, 0) is 15.9 Å². The van der Waals surface area contributed by atoms with Crippen LogP contribution in [0.2, 0.25) is 0 Å². The van der Waals surface area contributed by atoms with Crippen molar-refractivity contribution in [2.24, 2.45) is 5.92 Å². The molecule has 0 radical (unpaired) electrons. The van der Waals surface area contributed by atoms with Crippen LogP contribution < -0.4 is 4.90 Å². The second-order valence-corrected chi connectivity index (χ2v) is 9.80. The van der Waals surface area contributed by atoms with Crippen LogP contribution in [0, 0.1) is 5.92 Å². The van der Waals surface area contributed by atoms with E-state index in [1.54, 1.807) is 20.3 Å². The number of anilines is 1. The van der Waals surface area contributed by atoms with Gasteiger partial charge in [-0.3, -0.25) is 0 Å². The van der Waals surface area contributed by atoms with Crippen molar-refractivity contribution in [2.75, 3.05) is 32.2 Å². The van der Waals surface area contributed by atoms with Gasteiger partial charge in [0.05, 0.1) is 0 Å². The molecule has 184 valence electrons. The minimum absolute atomic E-state index is 0.125. The topological polar surface area (TPSA) is 67.7 Å². The number of rotatable bonds is 7. The second-order valence-electron chi connectivity index (χ2n) is 9.80. The number of piperidine rings is 1. The standard InChI is InChI=1S/C29H35N3O3/c1-34-27(35-2)16-20-12-14-32(15-13-20)29-30-18-23(19-31-29)28-25(21-6-4-3-5-7-21)10-8-22-17-24(33)9-11-26(22)28/h3-7,9,11,17-20,25,27-28,33H,8,10,12-16H2,1-2H3/t25-,28+/m1/s1. The van der Waals surface area contributed by atoms with Crippen LogP contribution in [0.15, 0.2) is 60.9 Å². The molecule has 5 rings (SSSR count). The molecule has 1 aliphatic heterocycles. The first-order valence-electron chi connectivity index (χ1n) is 12.7. The Labute approximate surface area is 207 Å². The lowest BCUT2D eigenvalue weighted by molar-refractivity contribution is -0.115. The van der Waals surface area contributed by atoms with Crippen LogP contribution >= 0.6 is 0 Å². The van der Waals surface area contributed by atoms with Gasteiger partial charge in [0.15, 0.2) is 6.29 Å². The first kappa shape index (κ1) is 23.8. The molecule has 3 aromatic rings. The largest absolute Gasteiger partial charge is 0.508 e. The fourth-order valence-electron chi connectivity index (χ4n) is 5.86. The van der Waals surface area contributed by atoms with E-state index < -0.39 is 0 Å². The molecule has 2 atom stereocenters. The zero-order valence-corrected chi connectivity index (χ0v) is 20.6. The summed E-state index contributed by atoms with van der Waals surface area (Å²) in [5, 5.41) is 10.1. The number of aryl methyl sites for hydroxylation is 1. The molecular weight excluding hydrogens is 438 g/mol. The average molecular weight is 474 g/mol. The fraction of sp³-hybridized carbons (Fsp3) is 0.448. The molecule has 0 unspecified atom stereocenters. The molecule has 0 spiro atoms. The van der Waals surface area contributed by atoms with Crippen molar-refractivity contribution in [1.82, 2.24) is 9.97 Å². The van der Waals surface area contributed by atoms with E-state index in [0.717, 1.165) is 56.7 Å². The molecule has 0 amide bonds. The highest BCUT2D eigenvalue weighted by molar-refractivity contribution is 5.47. The van der Waals surface area contributed by atoms with Crippen LogP contribution in [0.4, 0.5) is 5.95 Å². The summed E-state index contributed by atoms with van der Waals surface area (Å²) in [6.07, 6.45) is 9.00. The van der Waals surface area contributed by atoms with E-state index in [2.05, 4.69) is 41.3 Å². The number of aromatic nitrogens is 2. The van der Waals surface area contributed by atoms with Crippen LogP contribution in [0.3, 0.4) is 0 Å². The molecule has 1 saturated heterocycles. The molecule has 6 nitrogen and oxygen atoms in total. The van der Waals surface area contributed by atoms with E-state index in [0.29, 0.717) is 17.6 Å². The quantitative estimate of drug-likeness (QED) is 0.472. The van der Waals surface area contributed by atoms with Gasteiger partial charge in [0.1, 0.15) is 5.75 Å². The van der Waals surface area contributed by atoms with Crippen LogP contribution in [0.25, 0.3) is 0 Å². The molecule has 1 N–H and O–H groups in total. The van der Waals surface area contributed by atoms with Crippen LogP contribution in [0.5, 0.6) is 5.75 Å². The van der Waals surface area contributed by atoms with E-state index in [-0.39, 0.29) is 12.2 Å². The first-order valence-corrected chi connectivity index (χ1v) is 12.7. The molecule has 0 bridgehead atoms. The van der Waals surface area contributed by atoms with Gasteiger partial charge in [0.2, 0.25) is 5.95 Å². The molecule has 1 fully saturated rings. The van der Waals surface area contributed by atoms with Gasteiger partial charge in [0.25, 0.3) is 0 Å². The van der Waals surface area contributed by atoms with Crippen molar-refractivity contribution in [3.05, 3.63) is 83.2 Å². The number of hydrogen-bond donors (Lipinski definition) is 1. The lowest BCUT2D eigenvalue weighted by atomic mass is 9.70. The van der Waals surface area contributed by atoms with Gasteiger partial charge in [-0.15, -0.1) is 0 Å². The van der Waals surface area contributed by atoms with Crippen molar-refractivity contribution >= 4 is 5.95 Å². The molecule has 1 aliphatic carbocycles. The van der Waals surface area contributed by atoms with Crippen molar-refractivity contribution in [2.45, 2.75) is 50.2 Å². The Bertz CT molecular complexity index is 1090. The Morgan fingerprint density at radius 3 is 2.34 bits per heavy atom. The van der Waals surface area contributed by atoms with Gasteiger partial charge in [0, 0.05) is 52.0 Å². The van der Waals surface area contributed by atoms with E-state index in [9.17, 15) is 5.11 Å². The maximum absolute atomic E-state index is 10.1. The molecule has 2 heterocycles. The van der Waals surface area contributed by atoms with Gasteiger partial charge in [-0.05, 0) is 71.9 Å². The van der Waals surface area contributed by atoms with Crippen LogP contribution in [0.1, 0.15) is 59.8 Å². The lowest BCUT2D eigenvalue weighted by Crippen LogP contribution is -2.36. The van der Waals surface area contributed by atoms with Gasteiger partial charge < -0.3 is 19.5 Å². The lowest BCUT2D eigenvalue weighted by Gasteiger charge is -2.35. The van der Waals surface area contributed by atoms with E-state index >= 15 is 0 Å². The molecule has 2 aliphatic rings. The normalized spacial score (nSPS) is 20.7. The number of benzene rings is 2. The number of phenols is 1. The number of methoxy groups -OCH3 is 2. The number of ether oxygens (including phenoxy) is 2. The number of fused-ring (bicyclic) bond motifs is 1. The summed E-state index contributed by atoms with van der Waals surface area (Å²) in [5.41, 5.74) is 4.96. The Morgan fingerprint density at radius 2 is 1.66 bits per heavy atom. The fourth-order valence-corrected chi connectivity index (χ4v) is 5.86. The summed E-state index contributed by atoms with van der Waals surface area (Å²) in [7, 11) is 3.41. The van der Waals surface area contributed by atoms with Gasteiger partial charge in [-0.1, -0.05) is 36.4 Å². The van der Waals surface area contributed by atoms with Crippen molar-refractivity contribution in [3.8, 4) is 5.75 Å². The van der Waals surface area contributed by atoms with Gasteiger partial charge >= 0.3 is 0 Å². The number of hydrogen-bond acceptors (Lipinski definition) is 6. The van der Waals surface area contributed by atoms with Crippen molar-refractivity contribution in [3.63, 3.8) is 0 Å². The highest BCUT2D eigenvalue weighted by Crippen LogP contribution is 2.46. The molecule has 35 heavy (non-hydrogen) atoms. The van der Waals surface area contributed by atoms with Crippen LogP contribution in [-0.4, -0.2) is 48.7 Å². The molecule has 6 heteroatoms. The third kappa shape index (κ3) is 5.19. The summed E-state index contributed by atoms with van der Waals surface area (Å²) >= 11 is 0. The number of nitrogens with zero attached hydrogens (tertiary/aromatic N) is 3. The highest BCUT2D eigenvalue weighted by atomic mass is 16.7. The Morgan fingerprint density at radius 1 is 0.943 bits per heavy atom. The van der Waals surface area contributed by atoms with Crippen molar-refractivity contribution in [1.29, 1.82) is 0 Å². The predicted octanol–water partition coefficient (Wildman–Crippen LogP) is 5.27. The average Bonchev–Trinajstić information content (AvgIpc) is 2.92. The van der Waals surface area contributed by atoms with Crippen molar-refractivity contribution < 1.29 is 14.6 Å². The SMILES string of the molecule is COC(CC1CCN(c2ncc([C@@H]3c4ccc(O)cc4CC[C@@H]3c3ccccc3)cn2)CC1)OC. The number of phenolic OH excluding ortho intramolecular Hbond substituents is 1. The summed E-state index contributed by atoms with van der Waals surface area (Å²) in [4.78, 5) is 11.9. The maximum atomic E-state index is 10.1. The van der Waals surface area contributed by atoms with E-state index in [1.165, 1.54) is 16.7 Å². The first-order chi connectivity index (χ1) is 17.2. The Hall–Kier alpha value is -2.96. The maximum Gasteiger partial charge on any atom is 0.225 e. The van der Waals surface area contributed by atoms with Gasteiger partial charge in [-0.25, -0.2) is 9.97 Å². The minimum Gasteiger partial charge on any atom is -0.508 e. The molecule has 2 aromatic carbocycles. The zero-order valence-electron chi connectivity index (χ0n) is 20.6. The third-order valence-corrected chi connectivity index (χ3v) is 7.78. The molecule has 1 aromatic heterocycles. The highest BCUT2D eigenvalue weighted by Gasteiger charge is 2.33. The monoisotopic (exact) mass is 473 g/mol. The zero-order chi connectivity index (χ0) is 24.2. The Kier molecular flexibility index (Phi) is 7.30.